The standard InChI is InChI=1S/C14H19IN2O.ClH/c1-10-12(4-3-5-13(10)15)14(18)17-7-6-11(9-17)8-16-2;/h3-5,11,16H,6-9H2,1-2H3;1H. The average molecular weight is 395 g/mol. The molecule has 1 N–H and O–H groups in total. The molecule has 106 valence electrons. The number of hydrogen-bond acceptors (Lipinski definition) is 2. The summed E-state index contributed by atoms with van der Waals surface area (Å²) >= 11 is 2.28. The SMILES string of the molecule is CNCC1CCN(C(=O)c2cccc(I)c2C)C1.Cl. The minimum Gasteiger partial charge on any atom is -0.338 e. The molecule has 1 atom stereocenters. The number of nitrogens with one attached hydrogen (secondary N) is 1. The fourth-order valence-electron chi connectivity index (χ4n) is 2.48. The molecule has 1 saturated heterocycles. The predicted octanol–water partition coefficient (Wildman–Crippen LogP) is 2.70. The topological polar surface area (TPSA) is 32.3 Å². The largest absolute Gasteiger partial charge is 0.338 e. The predicted molar refractivity (Wildman–Crippen MR) is 89.1 cm³/mol. The van der Waals surface area contributed by atoms with Crippen LogP contribution in [0.2, 0.25) is 0 Å². The van der Waals surface area contributed by atoms with E-state index in [1.807, 2.05) is 37.1 Å². The van der Waals surface area contributed by atoms with E-state index in [-0.39, 0.29) is 18.3 Å². The van der Waals surface area contributed by atoms with Gasteiger partial charge in [-0.3, -0.25) is 4.79 Å². The van der Waals surface area contributed by atoms with E-state index in [4.69, 9.17) is 0 Å². The van der Waals surface area contributed by atoms with Crippen LogP contribution in [0.4, 0.5) is 0 Å². The molecule has 5 heteroatoms. The van der Waals surface area contributed by atoms with Gasteiger partial charge in [0.1, 0.15) is 0 Å². The first kappa shape index (κ1) is 16.7. The Morgan fingerprint density at radius 1 is 1.53 bits per heavy atom. The van der Waals surface area contributed by atoms with E-state index in [0.29, 0.717) is 5.92 Å². The summed E-state index contributed by atoms with van der Waals surface area (Å²) in [5.74, 6) is 0.784. The molecule has 1 aliphatic heterocycles. The van der Waals surface area contributed by atoms with Gasteiger partial charge in [-0.15, -0.1) is 12.4 Å². The van der Waals surface area contributed by atoms with Gasteiger partial charge in [0, 0.05) is 22.2 Å². The minimum absolute atomic E-state index is 0. The van der Waals surface area contributed by atoms with Crippen LogP contribution in [0.5, 0.6) is 0 Å². The molecular formula is C14H20ClIN2O. The maximum absolute atomic E-state index is 12.5. The van der Waals surface area contributed by atoms with E-state index in [2.05, 4.69) is 27.9 Å². The van der Waals surface area contributed by atoms with Crippen LogP contribution in [0.3, 0.4) is 0 Å². The first-order valence-corrected chi connectivity index (χ1v) is 7.40. The number of carbonyl (C=O) groups excluding carboxylic acids is 1. The van der Waals surface area contributed by atoms with Crippen molar-refractivity contribution < 1.29 is 4.79 Å². The third-order valence-corrected chi connectivity index (χ3v) is 4.73. The highest BCUT2D eigenvalue weighted by molar-refractivity contribution is 14.1. The summed E-state index contributed by atoms with van der Waals surface area (Å²) in [7, 11) is 1.97. The number of nitrogens with zero attached hydrogens (tertiary/aromatic N) is 1. The Morgan fingerprint density at radius 2 is 2.26 bits per heavy atom. The molecule has 0 aromatic heterocycles. The van der Waals surface area contributed by atoms with Gasteiger partial charge < -0.3 is 10.2 Å². The summed E-state index contributed by atoms with van der Waals surface area (Å²) < 4.78 is 1.16. The van der Waals surface area contributed by atoms with Gasteiger partial charge in [-0.1, -0.05) is 6.07 Å². The monoisotopic (exact) mass is 394 g/mol. The van der Waals surface area contributed by atoms with E-state index >= 15 is 0 Å². The van der Waals surface area contributed by atoms with Gasteiger partial charge in [0.2, 0.25) is 0 Å². The maximum atomic E-state index is 12.5. The third kappa shape index (κ3) is 3.83. The molecule has 1 heterocycles. The van der Waals surface area contributed by atoms with E-state index in [1.165, 1.54) is 0 Å². The number of halogens is 2. The molecule has 0 spiro atoms. The molecule has 0 radical (unpaired) electrons. The molecule has 1 unspecified atom stereocenters. The highest BCUT2D eigenvalue weighted by Crippen LogP contribution is 2.22. The number of rotatable bonds is 3. The molecule has 0 aliphatic carbocycles. The lowest BCUT2D eigenvalue weighted by molar-refractivity contribution is 0.0786. The Balaban J connectivity index is 0.00000180. The Bertz CT molecular complexity index is 453. The summed E-state index contributed by atoms with van der Waals surface area (Å²) in [6, 6.07) is 5.94. The average Bonchev–Trinajstić information content (AvgIpc) is 2.81. The van der Waals surface area contributed by atoms with Gasteiger partial charge in [-0.2, -0.15) is 0 Å². The van der Waals surface area contributed by atoms with Crippen molar-refractivity contribution in [3.8, 4) is 0 Å². The number of likely N-dealkylation sites (tertiary alicyclic amines) is 1. The number of carbonyl (C=O) groups is 1. The fraction of sp³-hybridized carbons (Fsp3) is 0.500. The number of amides is 1. The molecule has 1 aromatic rings. The van der Waals surface area contributed by atoms with Crippen LogP contribution in [0.15, 0.2) is 18.2 Å². The third-order valence-electron chi connectivity index (χ3n) is 3.56. The number of benzene rings is 1. The van der Waals surface area contributed by atoms with Crippen molar-refractivity contribution in [2.45, 2.75) is 13.3 Å². The zero-order chi connectivity index (χ0) is 13.1. The normalized spacial score (nSPS) is 18.3. The molecule has 3 nitrogen and oxygen atoms in total. The summed E-state index contributed by atoms with van der Waals surface area (Å²) in [6.07, 6.45) is 1.11. The van der Waals surface area contributed by atoms with Crippen LogP contribution < -0.4 is 5.32 Å². The van der Waals surface area contributed by atoms with Crippen molar-refractivity contribution in [3.63, 3.8) is 0 Å². The van der Waals surface area contributed by atoms with Crippen LogP contribution in [0, 0.1) is 16.4 Å². The molecule has 0 bridgehead atoms. The smallest absolute Gasteiger partial charge is 0.254 e. The van der Waals surface area contributed by atoms with Crippen LogP contribution in [0.1, 0.15) is 22.3 Å². The van der Waals surface area contributed by atoms with Gasteiger partial charge in [0.05, 0.1) is 0 Å². The van der Waals surface area contributed by atoms with Gasteiger partial charge >= 0.3 is 0 Å². The van der Waals surface area contributed by atoms with E-state index < -0.39 is 0 Å². The maximum Gasteiger partial charge on any atom is 0.254 e. The highest BCUT2D eigenvalue weighted by Gasteiger charge is 2.27. The van der Waals surface area contributed by atoms with Crippen LogP contribution >= 0.6 is 35.0 Å². The molecule has 1 fully saturated rings. The van der Waals surface area contributed by atoms with Gasteiger partial charge in [0.25, 0.3) is 5.91 Å². The van der Waals surface area contributed by atoms with E-state index in [1.54, 1.807) is 0 Å². The molecule has 2 rings (SSSR count). The molecule has 1 aliphatic rings. The van der Waals surface area contributed by atoms with Crippen LogP contribution in [0.25, 0.3) is 0 Å². The van der Waals surface area contributed by atoms with Crippen molar-refractivity contribution in [1.82, 2.24) is 10.2 Å². The van der Waals surface area contributed by atoms with Gasteiger partial charge in [0.15, 0.2) is 0 Å². The van der Waals surface area contributed by atoms with Crippen molar-refractivity contribution >= 4 is 40.9 Å². The summed E-state index contributed by atoms with van der Waals surface area (Å²) in [5, 5.41) is 3.19. The second kappa shape index (κ2) is 7.45. The van der Waals surface area contributed by atoms with Crippen molar-refractivity contribution in [3.05, 3.63) is 32.9 Å². The minimum atomic E-state index is 0. The summed E-state index contributed by atoms with van der Waals surface area (Å²) in [5.41, 5.74) is 1.95. The second-order valence-electron chi connectivity index (χ2n) is 4.88. The van der Waals surface area contributed by atoms with Crippen LogP contribution in [-0.2, 0) is 0 Å². The second-order valence-corrected chi connectivity index (χ2v) is 6.04. The summed E-state index contributed by atoms with van der Waals surface area (Å²) in [6.45, 7) is 4.78. The first-order valence-electron chi connectivity index (χ1n) is 6.32. The Hall–Kier alpha value is -0.330. The molecule has 1 amide bonds. The Morgan fingerprint density at radius 3 is 2.95 bits per heavy atom. The fourth-order valence-corrected chi connectivity index (χ4v) is 2.98. The molecule has 0 saturated carbocycles. The lowest BCUT2D eigenvalue weighted by Gasteiger charge is -2.18. The zero-order valence-corrected chi connectivity index (χ0v) is 14.3. The number of hydrogen-bond donors (Lipinski definition) is 1. The summed E-state index contributed by atoms with van der Waals surface area (Å²) in [4.78, 5) is 14.5. The zero-order valence-electron chi connectivity index (χ0n) is 11.3. The first-order chi connectivity index (χ1) is 8.63. The Labute approximate surface area is 134 Å². The van der Waals surface area contributed by atoms with Gasteiger partial charge in [-0.05, 0) is 73.1 Å². The Kier molecular flexibility index (Phi) is 6.56. The molecule has 1 aromatic carbocycles. The van der Waals surface area contributed by atoms with Crippen LogP contribution in [-0.4, -0.2) is 37.5 Å². The molecular weight excluding hydrogens is 375 g/mol. The lowest BCUT2D eigenvalue weighted by Crippen LogP contribution is -2.30. The van der Waals surface area contributed by atoms with E-state index in [0.717, 1.165) is 40.8 Å². The highest BCUT2D eigenvalue weighted by atomic mass is 127. The van der Waals surface area contributed by atoms with Crippen molar-refractivity contribution in [2.24, 2.45) is 5.92 Å². The van der Waals surface area contributed by atoms with Crippen molar-refractivity contribution in [1.29, 1.82) is 0 Å². The van der Waals surface area contributed by atoms with E-state index in [9.17, 15) is 4.79 Å². The quantitative estimate of drug-likeness (QED) is 0.800. The van der Waals surface area contributed by atoms with Gasteiger partial charge in [-0.25, -0.2) is 0 Å². The lowest BCUT2D eigenvalue weighted by atomic mass is 10.1. The van der Waals surface area contributed by atoms with Crippen molar-refractivity contribution in [2.75, 3.05) is 26.7 Å². The molecule has 19 heavy (non-hydrogen) atoms.